The highest BCUT2D eigenvalue weighted by Crippen LogP contribution is 2.33. The first-order valence-corrected chi connectivity index (χ1v) is 6.41. The Hall–Kier alpha value is 0.210. The zero-order chi connectivity index (χ0) is 9.38. The molecule has 3 rings (SSSR count). The van der Waals surface area contributed by atoms with E-state index in [1.54, 1.807) is 0 Å². The van der Waals surface area contributed by atoms with Crippen LogP contribution in [0.5, 0.6) is 0 Å². The molecule has 0 aromatic rings. The van der Waals surface area contributed by atoms with E-state index in [1.807, 2.05) is 0 Å². The molecule has 2 aliphatic heterocycles. The number of halogens is 1. The highest BCUT2D eigenvalue weighted by molar-refractivity contribution is 5.85. The third kappa shape index (κ3) is 2.17. The number of hydrogen-bond donors (Lipinski definition) is 1. The van der Waals surface area contributed by atoms with Crippen LogP contribution >= 0.6 is 12.4 Å². The van der Waals surface area contributed by atoms with Gasteiger partial charge in [-0.25, -0.2) is 0 Å². The number of nitrogens with one attached hydrogen (secondary N) is 1. The summed E-state index contributed by atoms with van der Waals surface area (Å²) in [5.74, 6) is 0.983. The van der Waals surface area contributed by atoms with Gasteiger partial charge in [-0.3, -0.25) is 4.90 Å². The SMILES string of the molecule is C1CCC(N2CC[C@H]3CNC[C@H]32)CC1.Cl. The second-order valence-corrected chi connectivity index (χ2v) is 5.30. The molecule has 0 amide bonds. The van der Waals surface area contributed by atoms with Crippen LogP contribution in [0.3, 0.4) is 0 Å². The summed E-state index contributed by atoms with van der Waals surface area (Å²) in [6, 6.07) is 1.84. The van der Waals surface area contributed by atoms with Crippen LogP contribution < -0.4 is 5.32 Å². The monoisotopic (exact) mass is 230 g/mol. The van der Waals surface area contributed by atoms with E-state index in [-0.39, 0.29) is 12.4 Å². The first-order valence-electron chi connectivity index (χ1n) is 6.41. The van der Waals surface area contributed by atoms with Gasteiger partial charge in [0.25, 0.3) is 0 Å². The molecule has 0 radical (unpaired) electrons. The van der Waals surface area contributed by atoms with Crippen LogP contribution in [0.15, 0.2) is 0 Å². The second kappa shape index (κ2) is 5.03. The average Bonchev–Trinajstić information content (AvgIpc) is 2.79. The zero-order valence-corrected chi connectivity index (χ0v) is 10.3. The maximum absolute atomic E-state index is 3.55. The molecule has 1 aliphatic carbocycles. The summed E-state index contributed by atoms with van der Waals surface area (Å²) in [5, 5.41) is 3.55. The van der Waals surface area contributed by atoms with E-state index in [0.29, 0.717) is 0 Å². The molecular weight excluding hydrogens is 208 g/mol. The van der Waals surface area contributed by atoms with Gasteiger partial charge in [0.1, 0.15) is 0 Å². The molecule has 0 bridgehead atoms. The quantitative estimate of drug-likeness (QED) is 0.742. The Morgan fingerprint density at radius 2 is 1.73 bits per heavy atom. The van der Waals surface area contributed by atoms with Gasteiger partial charge < -0.3 is 5.32 Å². The van der Waals surface area contributed by atoms with E-state index in [0.717, 1.165) is 18.0 Å². The average molecular weight is 231 g/mol. The Morgan fingerprint density at radius 3 is 2.53 bits per heavy atom. The molecule has 2 nitrogen and oxygen atoms in total. The lowest BCUT2D eigenvalue weighted by atomic mass is 9.93. The van der Waals surface area contributed by atoms with Gasteiger partial charge in [-0.2, -0.15) is 0 Å². The molecule has 1 N–H and O–H groups in total. The molecule has 15 heavy (non-hydrogen) atoms. The summed E-state index contributed by atoms with van der Waals surface area (Å²) < 4.78 is 0. The Morgan fingerprint density at radius 1 is 0.933 bits per heavy atom. The molecule has 3 fully saturated rings. The minimum absolute atomic E-state index is 0. The molecule has 3 heteroatoms. The van der Waals surface area contributed by atoms with E-state index in [4.69, 9.17) is 0 Å². The fourth-order valence-corrected chi connectivity index (χ4v) is 3.75. The fraction of sp³-hybridized carbons (Fsp3) is 1.00. The minimum Gasteiger partial charge on any atom is -0.315 e. The summed E-state index contributed by atoms with van der Waals surface area (Å²) in [6.45, 7) is 3.94. The third-order valence-electron chi connectivity index (χ3n) is 4.53. The number of likely N-dealkylation sites (tertiary alicyclic amines) is 1. The Bertz CT molecular complexity index is 204. The van der Waals surface area contributed by atoms with Crippen LogP contribution in [0.25, 0.3) is 0 Å². The molecule has 0 aromatic carbocycles. The van der Waals surface area contributed by atoms with Gasteiger partial charge in [-0.05, 0) is 38.3 Å². The summed E-state index contributed by atoms with van der Waals surface area (Å²) in [6.07, 6.45) is 8.84. The predicted octanol–water partition coefficient (Wildman–Crippen LogP) is 2.03. The number of hydrogen-bond acceptors (Lipinski definition) is 2. The maximum atomic E-state index is 3.55. The van der Waals surface area contributed by atoms with Crippen molar-refractivity contribution >= 4 is 12.4 Å². The van der Waals surface area contributed by atoms with Crippen molar-refractivity contribution in [2.24, 2.45) is 5.92 Å². The molecule has 2 saturated heterocycles. The normalized spacial score (nSPS) is 37.6. The molecule has 0 aromatic heterocycles. The van der Waals surface area contributed by atoms with E-state index >= 15 is 0 Å². The fourth-order valence-electron chi connectivity index (χ4n) is 3.75. The molecule has 88 valence electrons. The standard InChI is InChI=1S/C12H22N2.ClH/c1-2-4-11(5-3-1)14-7-6-10-8-13-9-12(10)14;/h10-13H,1-9H2;1H/t10-,12+;/m0./s1. The maximum Gasteiger partial charge on any atom is 0.0264 e. The van der Waals surface area contributed by atoms with Crippen LogP contribution in [0, 0.1) is 5.92 Å². The van der Waals surface area contributed by atoms with Gasteiger partial charge in [-0.15, -0.1) is 12.4 Å². The lowest BCUT2D eigenvalue weighted by Crippen LogP contribution is -2.42. The summed E-state index contributed by atoms with van der Waals surface area (Å²) >= 11 is 0. The molecule has 0 spiro atoms. The van der Waals surface area contributed by atoms with Gasteiger partial charge in [0.05, 0.1) is 0 Å². The van der Waals surface area contributed by atoms with E-state index < -0.39 is 0 Å². The Balaban J connectivity index is 0.000000853. The van der Waals surface area contributed by atoms with Crippen molar-refractivity contribution in [3.63, 3.8) is 0 Å². The van der Waals surface area contributed by atoms with Crippen LogP contribution in [0.1, 0.15) is 38.5 Å². The summed E-state index contributed by atoms with van der Waals surface area (Å²) in [5.41, 5.74) is 0. The Kier molecular flexibility index (Phi) is 3.92. The van der Waals surface area contributed by atoms with Crippen LogP contribution in [0.2, 0.25) is 0 Å². The van der Waals surface area contributed by atoms with E-state index in [1.165, 1.54) is 58.2 Å². The van der Waals surface area contributed by atoms with Gasteiger partial charge in [0.15, 0.2) is 0 Å². The first kappa shape index (κ1) is 11.7. The molecule has 2 atom stereocenters. The smallest absolute Gasteiger partial charge is 0.0264 e. The van der Waals surface area contributed by atoms with Gasteiger partial charge in [0, 0.05) is 18.6 Å². The van der Waals surface area contributed by atoms with Crippen LogP contribution in [-0.2, 0) is 0 Å². The highest BCUT2D eigenvalue weighted by Gasteiger charge is 2.40. The first-order chi connectivity index (χ1) is 6.95. The van der Waals surface area contributed by atoms with Crippen molar-refractivity contribution < 1.29 is 0 Å². The predicted molar refractivity (Wildman–Crippen MR) is 65.6 cm³/mol. The lowest BCUT2D eigenvalue weighted by molar-refractivity contribution is 0.142. The van der Waals surface area contributed by atoms with Gasteiger partial charge in [0.2, 0.25) is 0 Å². The van der Waals surface area contributed by atoms with Crippen molar-refractivity contribution in [2.45, 2.75) is 50.6 Å². The third-order valence-corrected chi connectivity index (χ3v) is 4.53. The molecule has 2 heterocycles. The zero-order valence-electron chi connectivity index (χ0n) is 9.45. The van der Waals surface area contributed by atoms with E-state index in [2.05, 4.69) is 10.2 Å². The van der Waals surface area contributed by atoms with Crippen LogP contribution in [-0.4, -0.2) is 36.6 Å². The highest BCUT2D eigenvalue weighted by atomic mass is 35.5. The van der Waals surface area contributed by atoms with Crippen molar-refractivity contribution in [3.8, 4) is 0 Å². The van der Waals surface area contributed by atoms with Crippen molar-refractivity contribution in [1.29, 1.82) is 0 Å². The number of nitrogens with zero attached hydrogens (tertiary/aromatic N) is 1. The van der Waals surface area contributed by atoms with Crippen molar-refractivity contribution in [2.75, 3.05) is 19.6 Å². The summed E-state index contributed by atoms with van der Waals surface area (Å²) in [7, 11) is 0. The molecule has 3 aliphatic rings. The molecule has 1 saturated carbocycles. The number of fused-ring (bicyclic) bond motifs is 1. The lowest BCUT2D eigenvalue weighted by Gasteiger charge is -2.35. The minimum atomic E-state index is 0. The molecular formula is C12H23ClN2. The van der Waals surface area contributed by atoms with Crippen molar-refractivity contribution in [3.05, 3.63) is 0 Å². The summed E-state index contributed by atoms with van der Waals surface area (Å²) in [4.78, 5) is 2.84. The topological polar surface area (TPSA) is 15.3 Å². The largest absolute Gasteiger partial charge is 0.315 e. The van der Waals surface area contributed by atoms with Gasteiger partial charge >= 0.3 is 0 Å². The Labute approximate surface area is 99.2 Å². The van der Waals surface area contributed by atoms with Crippen LogP contribution in [0.4, 0.5) is 0 Å². The molecule has 0 unspecified atom stereocenters. The number of rotatable bonds is 1. The van der Waals surface area contributed by atoms with Crippen molar-refractivity contribution in [1.82, 2.24) is 10.2 Å². The second-order valence-electron chi connectivity index (χ2n) is 5.30. The van der Waals surface area contributed by atoms with Gasteiger partial charge in [-0.1, -0.05) is 19.3 Å². The van der Waals surface area contributed by atoms with E-state index in [9.17, 15) is 0 Å².